The molecule has 0 heteroatoms. The molecule has 1 aliphatic rings. The molecular formula is C23H16. The second-order valence-corrected chi connectivity index (χ2v) is 5.63. The first-order valence-electron chi connectivity index (χ1n) is 7.85. The van der Waals surface area contributed by atoms with E-state index in [9.17, 15) is 0 Å². The largest absolute Gasteiger partial charge is 0.0848 e. The fraction of sp³-hybridized carbons (Fsp3) is 0.0435. The van der Waals surface area contributed by atoms with E-state index in [4.69, 9.17) is 0 Å². The topological polar surface area (TPSA) is 0 Å². The SMILES string of the molecule is C(#CC1C(c2ccccc2)=C1c1ccccc1)c1ccccc1. The first-order valence-corrected chi connectivity index (χ1v) is 7.85. The van der Waals surface area contributed by atoms with Gasteiger partial charge in [-0.3, -0.25) is 0 Å². The van der Waals surface area contributed by atoms with Crippen molar-refractivity contribution in [1.29, 1.82) is 0 Å². The van der Waals surface area contributed by atoms with Crippen LogP contribution < -0.4 is 0 Å². The summed E-state index contributed by atoms with van der Waals surface area (Å²) in [6.07, 6.45) is 0. The van der Waals surface area contributed by atoms with Crippen LogP contribution in [0.5, 0.6) is 0 Å². The molecule has 1 aliphatic carbocycles. The van der Waals surface area contributed by atoms with E-state index in [1.54, 1.807) is 0 Å². The molecule has 0 saturated carbocycles. The van der Waals surface area contributed by atoms with Gasteiger partial charge in [-0.2, -0.15) is 0 Å². The Morgan fingerprint density at radius 3 is 1.43 bits per heavy atom. The van der Waals surface area contributed by atoms with Gasteiger partial charge in [0, 0.05) is 5.56 Å². The summed E-state index contributed by atoms with van der Waals surface area (Å²) in [6.45, 7) is 0. The van der Waals surface area contributed by atoms with Gasteiger partial charge in [0.05, 0.1) is 5.92 Å². The first-order chi connectivity index (χ1) is 11.4. The van der Waals surface area contributed by atoms with Crippen molar-refractivity contribution in [3.63, 3.8) is 0 Å². The first kappa shape index (κ1) is 13.6. The summed E-state index contributed by atoms with van der Waals surface area (Å²) in [5.41, 5.74) is 6.34. The Bertz CT molecular complexity index is 842. The molecule has 0 atom stereocenters. The van der Waals surface area contributed by atoms with E-state index in [0.717, 1.165) is 5.56 Å². The van der Waals surface area contributed by atoms with Crippen molar-refractivity contribution in [2.75, 3.05) is 0 Å². The van der Waals surface area contributed by atoms with Crippen molar-refractivity contribution < 1.29 is 0 Å². The summed E-state index contributed by atoms with van der Waals surface area (Å²) in [5.74, 6) is 7.00. The van der Waals surface area contributed by atoms with Crippen molar-refractivity contribution in [3.8, 4) is 11.8 Å². The van der Waals surface area contributed by atoms with Gasteiger partial charge in [0.15, 0.2) is 0 Å². The molecule has 0 radical (unpaired) electrons. The highest BCUT2D eigenvalue weighted by Gasteiger charge is 2.36. The predicted octanol–water partition coefficient (Wildman–Crippen LogP) is 5.28. The zero-order valence-electron chi connectivity index (χ0n) is 12.7. The molecule has 0 fully saturated rings. The zero-order chi connectivity index (χ0) is 15.5. The molecule has 23 heavy (non-hydrogen) atoms. The normalized spacial score (nSPS) is 13.4. The number of allylic oxidation sites excluding steroid dienone is 2. The lowest BCUT2D eigenvalue weighted by Gasteiger charge is -1.94. The van der Waals surface area contributed by atoms with Crippen molar-refractivity contribution >= 4 is 11.1 Å². The predicted molar refractivity (Wildman–Crippen MR) is 96.5 cm³/mol. The lowest BCUT2D eigenvalue weighted by Crippen LogP contribution is -1.81. The van der Waals surface area contributed by atoms with E-state index in [2.05, 4.69) is 84.6 Å². The highest BCUT2D eigenvalue weighted by atomic mass is 14.4. The van der Waals surface area contributed by atoms with E-state index in [1.165, 1.54) is 22.3 Å². The van der Waals surface area contributed by atoms with E-state index >= 15 is 0 Å². The maximum atomic E-state index is 3.45. The van der Waals surface area contributed by atoms with Crippen molar-refractivity contribution in [2.24, 2.45) is 5.92 Å². The van der Waals surface area contributed by atoms with Crippen molar-refractivity contribution in [2.45, 2.75) is 0 Å². The van der Waals surface area contributed by atoms with Crippen LogP contribution in [0.3, 0.4) is 0 Å². The lowest BCUT2D eigenvalue weighted by atomic mass is 10.1. The van der Waals surface area contributed by atoms with Crippen LogP contribution in [0.2, 0.25) is 0 Å². The summed E-state index contributed by atoms with van der Waals surface area (Å²) in [4.78, 5) is 0. The molecule has 0 nitrogen and oxygen atoms in total. The fourth-order valence-corrected chi connectivity index (χ4v) is 2.92. The average molecular weight is 292 g/mol. The standard InChI is InChI=1S/C23H16/c1-4-10-18(11-5-1)16-17-21-22(19-12-6-2-7-13-19)23(21)20-14-8-3-9-15-20/h1-15,21H. The van der Waals surface area contributed by atoms with E-state index < -0.39 is 0 Å². The number of hydrogen-bond donors (Lipinski definition) is 0. The summed E-state index contributed by atoms with van der Waals surface area (Å²) >= 11 is 0. The lowest BCUT2D eigenvalue weighted by molar-refractivity contribution is 1.33. The smallest absolute Gasteiger partial charge is 0.0724 e. The Labute approximate surface area is 137 Å². The Kier molecular flexibility index (Phi) is 3.54. The Morgan fingerprint density at radius 2 is 0.957 bits per heavy atom. The minimum absolute atomic E-state index is 0.236. The van der Waals surface area contributed by atoms with E-state index in [-0.39, 0.29) is 5.92 Å². The number of rotatable bonds is 2. The van der Waals surface area contributed by atoms with Crippen LogP contribution >= 0.6 is 0 Å². The van der Waals surface area contributed by atoms with Crippen LogP contribution in [-0.4, -0.2) is 0 Å². The molecule has 0 spiro atoms. The quantitative estimate of drug-likeness (QED) is 0.564. The summed E-state index contributed by atoms with van der Waals surface area (Å²) < 4.78 is 0. The van der Waals surface area contributed by atoms with E-state index in [0.29, 0.717) is 0 Å². The van der Waals surface area contributed by atoms with Crippen LogP contribution in [0.15, 0.2) is 91.0 Å². The van der Waals surface area contributed by atoms with Crippen LogP contribution in [0.1, 0.15) is 16.7 Å². The van der Waals surface area contributed by atoms with Crippen molar-refractivity contribution in [1.82, 2.24) is 0 Å². The zero-order valence-corrected chi connectivity index (χ0v) is 12.7. The molecule has 0 N–H and O–H groups in total. The second-order valence-electron chi connectivity index (χ2n) is 5.63. The Hall–Kier alpha value is -3.04. The van der Waals surface area contributed by atoms with Crippen LogP contribution in [0.25, 0.3) is 11.1 Å². The Morgan fingerprint density at radius 1 is 0.522 bits per heavy atom. The number of hydrogen-bond acceptors (Lipinski definition) is 0. The molecular weight excluding hydrogens is 276 g/mol. The van der Waals surface area contributed by atoms with Gasteiger partial charge >= 0.3 is 0 Å². The van der Waals surface area contributed by atoms with Gasteiger partial charge in [-0.25, -0.2) is 0 Å². The fourth-order valence-electron chi connectivity index (χ4n) is 2.92. The molecule has 0 aromatic heterocycles. The highest BCUT2D eigenvalue weighted by molar-refractivity contribution is 6.12. The average Bonchev–Trinajstić information content (AvgIpc) is 3.37. The summed E-state index contributed by atoms with van der Waals surface area (Å²) in [6, 6.07) is 31.3. The van der Waals surface area contributed by atoms with Gasteiger partial charge in [0.2, 0.25) is 0 Å². The third-order valence-electron chi connectivity index (χ3n) is 4.09. The molecule has 0 heterocycles. The third kappa shape index (κ3) is 2.82. The van der Waals surface area contributed by atoms with Gasteiger partial charge < -0.3 is 0 Å². The second kappa shape index (κ2) is 5.99. The summed E-state index contributed by atoms with van der Waals surface area (Å²) in [7, 11) is 0. The van der Waals surface area contributed by atoms with Gasteiger partial charge in [0.1, 0.15) is 0 Å². The van der Waals surface area contributed by atoms with Gasteiger partial charge in [-0.15, -0.1) is 0 Å². The molecule has 0 unspecified atom stereocenters. The molecule has 0 aliphatic heterocycles. The van der Waals surface area contributed by atoms with E-state index in [1.807, 2.05) is 18.2 Å². The maximum absolute atomic E-state index is 3.45. The molecule has 4 rings (SSSR count). The molecule has 0 amide bonds. The maximum Gasteiger partial charge on any atom is 0.0724 e. The Balaban J connectivity index is 1.70. The van der Waals surface area contributed by atoms with Crippen LogP contribution in [0, 0.1) is 17.8 Å². The van der Waals surface area contributed by atoms with Gasteiger partial charge in [-0.05, 0) is 34.4 Å². The highest BCUT2D eigenvalue weighted by Crippen LogP contribution is 2.52. The monoisotopic (exact) mass is 292 g/mol. The molecule has 108 valence electrons. The molecule has 3 aromatic carbocycles. The molecule has 0 bridgehead atoms. The molecule has 3 aromatic rings. The van der Waals surface area contributed by atoms with Crippen LogP contribution in [-0.2, 0) is 0 Å². The molecule has 0 saturated heterocycles. The van der Waals surface area contributed by atoms with Gasteiger partial charge in [0.25, 0.3) is 0 Å². The minimum Gasteiger partial charge on any atom is -0.0848 e. The van der Waals surface area contributed by atoms with Gasteiger partial charge in [-0.1, -0.05) is 90.7 Å². The number of benzene rings is 3. The minimum atomic E-state index is 0.236. The van der Waals surface area contributed by atoms with Crippen molar-refractivity contribution in [3.05, 3.63) is 108 Å². The summed E-state index contributed by atoms with van der Waals surface area (Å²) in [5, 5.41) is 0. The van der Waals surface area contributed by atoms with Crippen LogP contribution in [0.4, 0.5) is 0 Å². The third-order valence-corrected chi connectivity index (χ3v) is 4.09.